The third-order valence-corrected chi connectivity index (χ3v) is 10.4. The molecule has 9 heteroatoms. The zero-order chi connectivity index (χ0) is 34.2. The van der Waals surface area contributed by atoms with E-state index >= 15 is 0 Å². The van der Waals surface area contributed by atoms with Crippen LogP contribution in [0, 0.1) is 5.92 Å². The van der Waals surface area contributed by atoms with Gasteiger partial charge in [-0.2, -0.15) is 0 Å². The van der Waals surface area contributed by atoms with E-state index in [1.54, 1.807) is 0 Å². The van der Waals surface area contributed by atoms with Crippen molar-refractivity contribution in [3.63, 3.8) is 0 Å². The minimum absolute atomic E-state index is 0.00357. The maximum Gasteiger partial charge on any atom is 0.303 e. The van der Waals surface area contributed by atoms with Gasteiger partial charge in [0.25, 0.3) is 0 Å². The third kappa shape index (κ3) is 9.35. The molecule has 6 rings (SSSR count). The number of benzene rings is 3. The van der Waals surface area contributed by atoms with Crippen molar-refractivity contribution >= 4 is 11.9 Å². The van der Waals surface area contributed by atoms with Gasteiger partial charge < -0.3 is 29.9 Å². The zero-order valence-electron chi connectivity index (χ0n) is 28.6. The maximum atomic E-state index is 12.2. The van der Waals surface area contributed by atoms with Gasteiger partial charge in [0.1, 0.15) is 0 Å². The van der Waals surface area contributed by atoms with Gasteiger partial charge >= 0.3 is 5.97 Å². The summed E-state index contributed by atoms with van der Waals surface area (Å²) >= 11 is 0. The lowest BCUT2D eigenvalue weighted by Crippen LogP contribution is -2.48. The highest BCUT2D eigenvalue weighted by atomic mass is 16.7. The van der Waals surface area contributed by atoms with Crippen LogP contribution in [0.2, 0.25) is 0 Å². The number of aliphatic hydroxyl groups is 1. The highest BCUT2D eigenvalue weighted by Crippen LogP contribution is 2.42. The molecule has 262 valence electrons. The number of carboxylic acids is 1. The van der Waals surface area contributed by atoms with E-state index in [4.69, 9.17) is 14.6 Å². The van der Waals surface area contributed by atoms with Crippen molar-refractivity contribution in [3.05, 3.63) is 95.1 Å². The minimum Gasteiger partial charge on any atom is -0.481 e. The molecule has 1 amide bonds. The second kappa shape index (κ2) is 16.9. The Bertz CT molecular complexity index is 1520. The number of aliphatic hydroxyl groups excluding tert-OH is 1. The predicted molar refractivity (Wildman–Crippen MR) is 188 cm³/mol. The molecule has 0 radical (unpaired) electrons. The van der Waals surface area contributed by atoms with E-state index < -0.39 is 12.3 Å². The van der Waals surface area contributed by atoms with Crippen LogP contribution in [0.3, 0.4) is 0 Å². The SMILES string of the molecule is CC1C(CN2CCCC2CN2CCCC2)OC(c2ccc(-c3cccc(CNC(=O)CCCC(=O)O)c3)cc2)OC1c1ccc(CO)cc1. The van der Waals surface area contributed by atoms with Crippen LogP contribution in [0.4, 0.5) is 0 Å². The zero-order valence-corrected chi connectivity index (χ0v) is 28.6. The van der Waals surface area contributed by atoms with Crippen LogP contribution in [-0.4, -0.2) is 76.8 Å². The molecule has 3 aromatic rings. The number of likely N-dealkylation sites (tertiary alicyclic amines) is 2. The topological polar surface area (TPSA) is 112 Å². The Labute approximate surface area is 290 Å². The number of carbonyl (C=O) groups excluding carboxylic acids is 1. The molecule has 3 aliphatic heterocycles. The molecule has 3 fully saturated rings. The monoisotopic (exact) mass is 669 g/mol. The highest BCUT2D eigenvalue weighted by Gasteiger charge is 2.40. The first kappa shape index (κ1) is 35.2. The van der Waals surface area contributed by atoms with Crippen LogP contribution in [0.5, 0.6) is 0 Å². The molecule has 0 aliphatic carbocycles. The molecule has 9 nitrogen and oxygen atoms in total. The molecule has 3 saturated heterocycles. The first-order chi connectivity index (χ1) is 23.9. The summed E-state index contributed by atoms with van der Waals surface area (Å²) in [7, 11) is 0. The molecule has 3 aromatic carbocycles. The van der Waals surface area contributed by atoms with Crippen molar-refractivity contribution in [2.45, 2.75) is 89.6 Å². The van der Waals surface area contributed by atoms with Crippen LogP contribution in [-0.2, 0) is 32.2 Å². The number of nitrogens with one attached hydrogen (secondary N) is 1. The second-order valence-electron chi connectivity index (χ2n) is 14.0. The molecule has 5 atom stereocenters. The number of aliphatic carboxylic acids is 1. The molecule has 0 bridgehead atoms. The summed E-state index contributed by atoms with van der Waals surface area (Å²) in [6.45, 7) is 8.21. The molecular weight excluding hydrogens is 618 g/mol. The van der Waals surface area contributed by atoms with Crippen LogP contribution in [0.15, 0.2) is 72.8 Å². The van der Waals surface area contributed by atoms with Gasteiger partial charge in [-0.15, -0.1) is 0 Å². The van der Waals surface area contributed by atoms with Gasteiger partial charge in [-0.1, -0.05) is 73.7 Å². The number of amides is 1. The molecular formula is C40H51N3O6. The molecule has 0 spiro atoms. The third-order valence-electron chi connectivity index (χ3n) is 10.4. The summed E-state index contributed by atoms with van der Waals surface area (Å²) < 4.78 is 13.6. The molecule has 0 aromatic heterocycles. The summed E-state index contributed by atoms with van der Waals surface area (Å²) in [5, 5.41) is 21.3. The lowest BCUT2D eigenvalue weighted by atomic mass is 9.89. The van der Waals surface area contributed by atoms with Crippen molar-refractivity contribution in [2.75, 3.05) is 32.7 Å². The fourth-order valence-corrected chi connectivity index (χ4v) is 7.55. The number of carboxylic acid groups (broad SMARTS) is 1. The van der Waals surface area contributed by atoms with Crippen molar-refractivity contribution < 1.29 is 29.3 Å². The number of nitrogens with zero attached hydrogens (tertiary/aromatic N) is 2. The van der Waals surface area contributed by atoms with Crippen LogP contribution in [0.25, 0.3) is 11.1 Å². The number of ether oxygens (including phenoxy) is 2. The van der Waals surface area contributed by atoms with Gasteiger partial charge in [-0.3, -0.25) is 14.5 Å². The van der Waals surface area contributed by atoms with Gasteiger partial charge in [0, 0.05) is 50.0 Å². The van der Waals surface area contributed by atoms with Crippen molar-refractivity contribution in [1.29, 1.82) is 0 Å². The Morgan fingerprint density at radius 2 is 1.59 bits per heavy atom. The lowest BCUT2D eigenvalue weighted by Gasteiger charge is -2.43. The lowest BCUT2D eigenvalue weighted by molar-refractivity contribution is -0.276. The van der Waals surface area contributed by atoms with Crippen LogP contribution < -0.4 is 5.32 Å². The van der Waals surface area contributed by atoms with Crippen molar-refractivity contribution in [3.8, 4) is 11.1 Å². The van der Waals surface area contributed by atoms with Crippen molar-refractivity contribution in [1.82, 2.24) is 15.1 Å². The van der Waals surface area contributed by atoms with Gasteiger partial charge in [0.05, 0.1) is 18.8 Å². The Kier molecular flexibility index (Phi) is 12.1. The number of hydrogen-bond acceptors (Lipinski definition) is 7. The summed E-state index contributed by atoms with van der Waals surface area (Å²) in [6, 6.07) is 25.1. The van der Waals surface area contributed by atoms with Crippen LogP contribution in [0.1, 0.15) is 86.5 Å². The van der Waals surface area contributed by atoms with E-state index in [9.17, 15) is 14.7 Å². The molecule has 3 aliphatic rings. The molecule has 3 heterocycles. The smallest absolute Gasteiger partial charge is 0.303 e. The number of hydrogen-bond donors (Lipinski definition) is 3. The first-order valence-electron chi connectivity index (χ1n) is 18.0. The summed E-state index contributed by atoms with van der Waals surface area (Å²) in [5.74, 6) is -0.895. The van der Waals surface area contributed by atoms with E-state index in [-0.39, 0.29) is 43.5 Å². The summed E-state index contributed by atoms with van der Waals surface area (Å²) in [4.78, 5) is 28.2. The average Bonchev–Trinajstić information content (AvgIpc) is 3.81. The average molecular weight is 670 g/mol. The predicted octanol–water partition coefficient (Wildman–Crippen LogP) is 6.07. The summed E-state index contributed by atoms with van der Waals surface area (Å²) in [5.41, 5.74) is 6.02. The Morgan fingerprint density at radius 3 is 2.33 bits per heavy atom. The van der Waals surface area contributed by atoms with E-state index in [1.807, 2.05) is 24.3 Å². The fraction of sp³-hybridized carbons (Fsp3) is 0.500. The second-order valence-corrected chi connectivity index (χ2v) is 14.0. The Hall–Kier alpha value is -3.60. The molecule has 3 N–H and O–H groups in total. The van der Waals surface area contributed by atoms with E-state index in [0.29, 0.717) is 19.0 Å². The van der Waals surface area contributed by atoms with Gasteiger partial charge in [-0.25, -0.2) is 0 Å². The first-order valence-corrected chi connectivity index (χ1v) is 18.0. The Balaban J connectivity index is 1.15. The number of rotatable bonds is 14. The molecule has 0 saturated carbocycles. The maximum absolute atomic E-state index is 12.2. The van der Waals surface area contributed by atoms with Crippen molar-refractivity contribution in [2.24, 2.45) is 5.92 Å². The van der Waals surface area contributed by atoms with Gasteiger partial charge in [-0.05, 0) is 85.6 Å². The quantitative estimate of drug-likeness (QED) is 0.190. The van der Waals surface area contributed by atoms with E-state index in [1.165, 1.54) is 38.8 Å². The highest BCUT2D eigenvalue weighted by molar-refractivity contribution is 5.76. The van der Waals surface area contributed by atoms with E-state index in [0.717, 1.165) is 53.0 Å². The van der Waals surface area contributed by atoms with Gasteiger partial charge in [0.2, 0.25) is 5.91 Å². The minimum atomic E-state index is -0.889. The fourth-order valence-electron chi connectivity index (χ4n) is 7.55. The van der Waals surface area contributed by atoms with Crippen LogP contribution >= 0.6 is 0 Å². The number of carbonyl (C=O) groups is 2. The largest absolute Gasteiger partial charge is 0.481 e. The molecule has 5 unspecified atom stereocenters. The van der Waals surface area contributed by atoms with E-state index in [2.05, 4.69) is 70.6 Å². The van der Waals surface area contributed by atoms with Gasteiger partial charge in [0.15, 0.2) is 6.29 Å². The standard InChI is InChI=1S/C40H51N3O6/c1-28-36(26-43-22-6-9-35(43)25-42-20-2-3-21-42)48-40(49-39(28)32-14-12-29(27-44)13-15-32)33-18-16-31(17-19-33)34-8-4-7-30(23-34)24-41-37(45)10-5-11-38(46)47/h4,7-8,12-19,23,28,35-36,39-40,44H,2-3,5-6,9-11,20-22,24-27H2,1H3,(H,41,45)(H,46,47). The summed E-state index contributed by atoms with van der Waals surface area (Å²) in [6.07, 6.45) is 4.95. The molecule has 49 heavy (non-hydrogen) atoms. The normalized spacial score (nSPS) is 24.7. The Morgan fingerprint density at radius 1 is 0.837 bits per heavy atom.